The number of aliphatic hydroxyl groups is 1. The van der Waals surface area contributed by atoms with Crippen LogP contribution >= 0.6 is 0 Å². The molecule has 2 heterocycles. The predicted molar refractivity (Wildman–Crippen MR) is 203 cm³/mol. The number of fused-ring (bicyclic) bond motifs is 1. The van der Waals surface area contributed by atoms with Crippen LogP contribution in [-0.2, 0) is 22.6 Å². The summed E-state index contributed by atoms with van der Waals surface area (Å²) in [5, 5.41) is 32.3. The number of H-pyrrole nitrogens is 1. The number of quaternary nitrogens is 1. The van der Waals surface area contributed by atoms with Crippen LogP contribution in [0.4, 0.5) is 11.4 Å². The van der Waals surface area contributed by atoms with Gasteiger partial charge in [0.1, 0.15) is 11.5 Å². The van der Waals surface area contributed by atoms with Gasteiger partial charge in [0.2, 0.25) is 17.4 Å². The Morgan fingerprint density at radius 2 is 1.69 bits per heavy atom. The molecule has 5 aromatic rings. The standard InChI is InChI=1S/C41H45N5O6/c1-4-42-26-28-10-14-31(15-11-28)43-37(48)20-13-27-12-16-32(29-8-6-5-7-9-29)34(24-27)44-40(50)30-22-23-46(2,3)41(51,25-30)52-36-19-18-35(47)39-33(36)17-21-38(49)45-39/h5-12,14-19,21,24,30,42,51H,4,13,20,22-23,25-26H2,1-3H3,(H3-,43,44,45,47,48,49,50)/p+1/t30?,41-/m1/s1. The van der Waals surface area contributed by atoms with E-state index in [1.165, 1.54) is 24.3 Å². The van der Waals surface area contributed by atoms with Crippen LogP contribution < -0.4 is 26.2 Å². The highest BCUT2D eigenvalue weighted by Crippen LogP contribution is 2.40. The van der Waals surface area contributed by atoms with Crippen molar-refractivity contribution in [1.82, 2.24) is 10.3 Å². The van der Waals surface area contributed by atoms with Gasteiger partial charge in [0.15, 0.2) is 0 Å². The summed E-state index contributed by atoms with van der Waals surface area (Å²) in [5.41, 5.74) is 4.97. The fourth-order valence-electron chi connectivity index (χ4n) is 6.60. The number of nitrogens with one attached hydrogen (secondary N) is 4. The van der Waals surface area contributed by atoms with E-state index in [-0.39, 0.29) is 51.7 Å². The van der Waals surface area contributed by atoms with Crippen molar-refractivity contribution >= 4 is 34.1 Å². The number of nitrogens with zero attached hydrogens (tertiary/aromatic N) is 1. The summed E-state index contributed by atoms with van der Waals surface area (Å²) in [6, 6.07) is 29.2. The zero-order valence-electron chi connectivity index (χ0n) is 29.7. The normalized spacial score (nSPS) is 18.1. The third kappa shape index (κ3) is 8.18. The fourth-order valence-corrected chi connectivity index (χ4v) is 6.60. The van der Waals surface area contributed by atoms with Crippen molar-refractivity contribution in [3.63, 3.8) is 0 Å². The zero-order valence-corrected chi connectivity index (χ0v) is 29.7. The number of rotatable bonds is 12. The minimum absolute atomic E-state index is 0.00577. The summed E-state index contributed by atoms with van der Waals surface area (Å²) in [6.45, 7) is 4.16. The number of phenolic OH excluding ortho intramolecular Hbond substituents is 1. The fraction of sp³-hybridized carbons (Fsp3) is 0.293. The molecule has 270 valence electrons. The van der Waals surface area contributed by atoms with E-state index in [2.05, 4.69) is 27.9 Å². The topological polar surface area (TPSA) is 153 Å². The number of piperidine rings is 1. The first-order valence-electron chi connectivity index (χ1n) is 17.6. The number of likely N-dealkylation sites (tertiary alicyclic amines) is 1. The molecule has 1 aliphatic heterocycles. The molecule has 0 bridgehead atoms. The molecule has 1 saturated heterocycles. The Morgan fingerprint density at radius 3 is 2.44 bits per heavy atom. The molecule has 6 N–H and O–H groups in total. The molecule has 4 aromatic carbocycles. The highest BCUT2D eigenvalue weighted by atomic mass is 16.7. The predicted octanol–water partition coefficient (Wildman–Crippen LogP) is 5.73. The number of aromatic amines is 1. The maximum atomic E-state index is 14.0. The van der Waals surface area contributed by atoms with Gasteiger partial charge in [0, 0.05) is 47.8 Å². The lowest BCUT2D eigenvalue weighted by Gasteiger charge is -2.48. The maximum Gasteiger partial charge on any atom is 0.359 e. The smallest absolute Gasteiger partial charge is 0.359 e. The molecular weight excluding hydrogens is 658 g/mol. The minimum Gasteiger partial charge on any atom is -0.506 e. The van der Waals surface area contributed by atoms with Crippen molar-refractivity contribution in [3.8, 4) is 22.6 Å². The number of aryl methyl sites for hydroxylation is 1. The van der Waals surface area contributed by atoms with Crippen LogP contribution in [0.15, 0.2) is 102 Å². The maximum absolute atomic E-state index is 14.0. The van der Waals surface area contributed by atoms with Crippen molar-refractivity contribution < 1.29 is 29.0 Å². The van der Waals surface area contributed by atoms with Gasteiger partial charge in [-0.25, -0.2) is 0 Å². The minimum atomic E-state index is -1.80. The molecule has 52 heavy (non-hydrogen) atoms. The van der Waals surface area contributed by atoms with Crippen LogP contribution in [0.1, 0.15) is 37.3 Å². The largest absolute Gasteiger partial charge is 0.506 e. The average Bonchev–Trinajstić information content (AvgIpc) is 3.13. The molecule has 0 aliphatic carbocycles. The number of aromatic hydroxyl groups is 1. The van der Waals surface area contributed by atoms with E-state index in [9.17, 15) is 24.6 Å². The Kier molecular flexibility index (Phi) is 10.8. The molecule has 1 unspecified atom stereocenters. The first-order chi connectivity index (χ1) is 24.9. The molecule has 1 aliphatic rings. The van der Waals surface area contributed by atoms with Gasteiger partial charge in [0.25, 0.3) is 0 Å². The van der Waals surface area contributed by atoms with E-state index in [1.54, 1.807) is 0 Å². The Bertz CT molecular complexity index is 2110. The van der Waals surface area contributed by atoms with Crippen molar-refractivity contribution in [1.29, 1.82) is 0 Å². The van der Waals surface area contributed by atoms with Crippen LogP contribution in [-0.4, -0.2) is 64.6 Å². The Hall–Kier alpha value is -5.49. The summed E-state index contributed by atoms with van der Waals surface area (Å²) in [6.07, 6.45) is 1.23. The summed E-state index contributed by atoms with van der Waals surface area (Å²) < 4.78 is 6.37. The van der Waals surface area contributed by atoms with Crippen molar-refractivity contribution in [2.24, 2.45) is 5.92 Å². The number of carbonyl (C=O) groups excluding carboxylic acids is 2. The van der Waals surface area contributed by atoms with Gasteiger partial charge in [-0.2, -0.15) is 0 Å². The molecular formula is C41H46N5O6+. The van der Waals surface area contributed by atoms with Gasteiger partial charge in [-0.3, -0.25) is 18.9 Å². The van der Waals surface area contributed by atoms with Crippen molar-refractivity contribution in [3.05, 3.63) is 119 Å². The quantitative estimate of drug-likeness (QED) is 0.0717. The van der Waals surface area contributed by atoms with Crippen LogP contribution in [0.25, 0.3) is 22.0 Å². The molecule has 2 amide bonds. The lowest BCUT2D eigenvalue weighted by molar-refractivity contribution is -0.996. The van der Waals surface area contributed by atoms with Crippen LogP contribution in [0.2, 0.25) is 0 Å². The van der Waals surface area contributed by atoms with Gasteiger partial charge in [-0.05, 0) is 66.1 Å². The number of pyridine rings is 1. The van der Waals surface area contributed by atoms with Gasteiger partial charge in [0.05, 0.1) is 38.5 Å². The number of phenols is 1. The van der Waals surface area contributed by atoms with Gasteiger partial charge >= 0.3 is 5.91 Å². The lowest BCUT2D eigenvalue weighted by Crippen LogP contribution is -2.67. The van der Waals surface area contributed by atoms with Crippen molar-refractivity contribution in [2.75, 3.05) is 37.8 Å². The van der Waals surface area contributed by atoms with Gasteiger partial charge in [-0.1, -0.05) is 61.5 Å². The van der Waals surface area contributed by atoms with Gasteiger partial charge < -0.3 is 35.9 Å². The molecule has 0 spiro atoms. The zero-order chi connectivity index (χ0) is 36.9. The van der Waals surface area contributed by atoms with Crippen LogP contribution in [0.5, 0.6) is 11.5 Å². The summed E-state index contributed by atoms with van der Waals surface area (Å²) in [5.74, 6) is -2.61. The number of aromatic nitrogens is 1. The molecule has 1 fully saturated rings. The van der Waals surface area contributed by atoms with E-state index in [4.69, 9.17) is 4.74 Å². The van der Waals surface area contributed by atoms with E-state index >= 15 is 0 Å². The molecule has 1 aromatic heterocycles. The second-order valence-corrected chi connectivity index (χ2v) is 13.9. The number of amides is 2. The number of hydrogen-bond donors (Lipinski definition) is 6. The van der Waals surface area contributed by atoms with E-state index in [0.29, 0.717) is 30.5 Å². The molecule has 11 heteroatoms. The number of ether oxygens (including phenoxy) is 1. The first-order valence-corrected chi connectivity index (χ1v) is 17.6. The lowest BCUT2D eigenvalue weighted by atomic mass is 9.90. The Balaban J connectivity index is 1.18. The summed E-state index contributed by atoms with van der Waals surface area (Å²) in [7, 11) is 3.68. The second kappa shape index (κ2) is 15.4. The van der Waals surface area contributed by atoms with E-state index in [0.717, 1.165) is 41.0 Å². The van der Waals surface area contributed by atoms with Crippen LogP contribution in [0.3, 0.4) is 0 Å². The molecule has 11 nitrogen and oxygen atoms in total. The highest BCUT2D eigenvalue weighted by Gasteiger charge is 2.54. The first kappa shape index (κ1) is 36.3. The SMILES string of the molecule is CCNCc1ccc(NC(=O)CCc2ccc(-c3ccccc3)c(NC(=O)C3CC[N+](C)(C)[C@](O)(Oc4ccc(O)c5[nH]c(=O)ccc45)C3)c2)cc1. The Morgan fingerprint density at radius 1 is 0.942 bits per heavy atom. The Labute approximate surface area is 302 Å². The third-order valence-electron chi connectivity index (χ3n) is 9.86. The number of carbonyl (C=O) groups is 2. The van der Waals surface area contributed by atoms with Crippen LogP contribution in [0, 0.1) is 5.92 Å². The average molecular weight is 705 g/mol. The molecule has 0 radical (unpaired) electrons. The summed E-state index contributed by atoms with van der Waals surface area (Å²) >= 11 is 0. The molecule has 0 saturated carbocycles. The summed E-state index contributed by atoms with van der Waals surface area (Å²) in [4.78, 5) is 41.5. The molecule has 6 rings (SSSR count). The highest BCUT2D eigenvalue weighted by molar-refractivity contribution is 5.97. The molecule has 2 atom stereocenters. The van der Waals surface area contributed by atoms with E-state index < -0.39 is 11.8 Å². The number of benzene rings is 4. The number of anilines is 2. The van der Waals surface area contributed by atoms with E-state index in [1.807, 2.05) is 86.9 Å². The number of hydrogen-bond acceptors (Lipinski definition) is 7. The second-order valence-electron chi connectivity index (χ2n) is 13.9. The monoisotopic (exact) mass is 704 g/mol. The third-order valence-corrected chi connectivity index (χ3v) is 9.86. The van der Waals surface area contributed by atoms with Gasteiger partial charge in [-0.15, -0.1) is 0 Å². The van der Waals surface area contributed by atoms with Crippen molar-refractivity contribution in [2.45, 2.75) is 45.1 Å².